The van der Waals surface area contributed by atoms with E-state index >= 15 is 0 Å². The van der Waals surface area contributed by atoms with Crippen LogP contribution >= 0.6 is 0 Å². The predicted octanol–water partition coefficient (Wildman–Crippen LogP) is 4.91. The number of hydrogen-bond donors (Lipinski definition) is 2. The van der Waals surface area contributed by atoms with Gasteiger partial charge in [-0.3, -0.25) is 4.79 Å². The normalized spacial score (nSPS) is 11.2. The Morgan fingerprint density at radius 2 is 1.84 bits per heavy atom. The number of rotatable bonds is 7. The SMILES string of the molecule is CCCOc1cc(O)c(C(C)C)cc1C=CC(=O)c1ccc(O)cc1. The average molecular weight is 340 g/mol. The van der Waals surface area contributed by atoms with E-state index in [0.717, 1.165) is 17.5 Å². The monoisotopic (exact) mass is 340 g/mol. The molecule has 0 atom stereocenters. The van der Waals surface area contributed by atoms with Crippen molar-refractivity contribution in [1.82, 2.24) is 0 Å². The minimum absolute atomic E-state index is 0.121. The number of carbonyl (C=O) groups excluding carboxylic acids is 1. The van der Waals surface area contributed by atoms with Gasteiger partial charge in [0.1, 0.15) is 17.2 Å². The summed E-state index contributed by atoms with van der Waals surface area (Å²) in [4.78, 5) is 12.3. The number of carbonyl (C=O) groups is 1. The van der Waals surface area contributed by atoms with Gasteiger partial charge in [0.15, 0.2) is 5.78 Å². The fraction of sp³-hybridized carbons (Fsp3) is 0.286. The van der Waals surface area contributed by atoms with Crippen LogP contribution in [0.15, 0.2) is 42.5 Å². The number of aromatic hydroxyl groups is 2. The smallest absolute Gasteiger partial charge is 0.185 e. The van der Waals surface area contributed by atoms with Gasteiger partial charge in [-0.05, 0) is 60.4 Å². The molecule has 0 aromatic heterocycles. The van der Waals surface area contributed by atoms with E-state index in [4.69, 9.17) is 4.74 Å². The highest BCUT2D eigenvalue weighted by atomic mass is 16.5. The molecule has 2 rings (SSSR count). The maximum absolute atomic E-state index is 12.3. The van der Waals surface area contributed by atoms with E-state index in [1.807, 2.05) is 26.8 Å². The minimum Gasteiger partial charge on any atom is -0.508 e. The molecule has 25 heavy (non-hydrogen) atoms. The summed E-state index contributed by atoms with van der Waals surface area (Å²) >= 11 is 0. The van der Waals surface area contributed by atoms with Crippen LogP contribution in [0, 0.1) is 0 Å². The van der Waals surface area contributed by atoms with Gasteiger partial charge in [0.2, 0.25) is 0 Å². The number of ketones is 1. The summed E-state index contributed by atoms with van der Waals surface area (Å²) in [6, 6.07) is 9.57. The second kappa shape index (κ2) is 8.38. The van der Waals surface area contributed by atoms with Crippen molar-refractivity contribution in [3.8, 4) is 17.2 Å². The zero-order chi connectivity index (χ0) is 18.4. The van der Waals surface area contributed by atoms with E-state index in [2.05, 4.69) is 0 Å². The Morgan fingerprint density at radius 3 is 2.44 bits per heavy atom. The molecule has 0 aliphatic heterocycles. The van der Waals surface area contributed by atoms with Gasteiger partial charge in [-0.2, -0.15) is 0 Å². The second-order valence-corrected chi connectivity index (χ2v) is 6.20. The first-order chi connectivity index (χ1) is 11.9. The van der Waals surface area contributed by atoms with Gasteiger partial charge in [-0.25, -0.2) is 0 Å². The van der Waals surface area contributed by atoms with Crippen LogP contribution in [-0.2, 0) is 0 Å². The topological polar surface area (TPSA) is 66.8 Å². The van der Waals surface area contributed by atoms with Crippen LogP contribution in [0.1, 0.15) is 54.6 Å². The molecule has 2 N–H and O–H groups in total. The number of allylic oxidation sites excluding steroid dienone is 1. The maximum atomic E-state index is 12.3. The summed E-state index contributed by atoms with van der Waals surface area (Å²) in [6.07, 6.45) is 4.02. The molecule has 2 aromatic rings. The second-order valence-electron chi connectivity index (χ2n) is 6.20. The Kier molecular flexibility index (Phi) is 6.23. The van der Waals surface area contributed by atoms with Gasteiger partial charge >= 0.3 is 0 Å². The molecule has 2 aromatic carbocycles. The first kappa shape index (κ1) is 18.6. The fourth-order valence-corrected chi connectivity index (χ4v) is 2.42. The summed E-state index contributed by atoms with van der Waals surface area (Å²) in [5, 5.41) is 19.5. The van der Waals surface area contributed by atoms with E-state index in [9.17, 15) is 15.0 Å². The molecule has 0 saturated carbocycles. The van der Waals surface area contributed by atoms with E-state index in [1.54, 1.807) is 24.3 Å². The first-order valence-corrected chi connectivity index (χ1v) is 8.43. The zero-order valence-electron chi connectivity index (χ0n) is 14.8. The van der Waals surface area contributed by atoms with Crippen LogP contribution in [0.3, 0.4) is 0 Å². The van der Waals surface area contributed by atoms with Crippen LogP contribution in [0.4, 0.5) is 0 Å². The Labute approximate surface area is 148 Å². The molecule has 132 valence electrons. The Bertz CT molecular complexity index is 758. The summed E-state index contributed by atoms with van der Waals surface area (Å²) < 4.78 is 5.70. The first-order valence-electron chi connectivity index (χ1n) is 8.43. The molecular formula is C21H24O4. The van der Waals surface area contributed by atoms with Crippen molar-refractivity contribution in [3.63, 3.8) is 0 Å². The standard InChI is InChI=1S/C21H24O4/c1-4-11-25-21-13-20(24)18(14(2)3)12-16(21)7-10-19(23)15-5-8-17(22)9-6-15/h5-10,12-14,22,24H,4,11H2,1-3H3. The van der Waals surface area contributed by atoms with Crippen molar-refractivity contribution in [2.24, 2.45) is 0 Å². The van der Waals surface area contributed by atoms with Gasteiger partial charge in [-0.15, -0.1) is 0 Å². The molecule has 0 saturated heterocycles. The van der Waals surface area contributed by atoms with Crippen LogP contribution in [-0.4, -0.2) is 22.6 Å². The number of phenols is 2. The zero-order valence-corrected chi connectivity index (χ0v) is 14.8. The highest BCUT2D eigenvalue weighted by Gasteiger charge is 2.12. The molecule has 0 amide bonds. The lowest BCUT2D eigenvalue weighted by Gasteiger charge is -2.14. The van der Waals surface area contributed by atoms with Gasteiger partial charge in [0.25, 0.3) is 0 Å². The van der Waals surface area contributed by atoms with Crippen molar-refractivity contribution >= 4 is 11.9 Å². The lowest BCUT2D eigenvalue weighted by molar-refractivity contribution is 0.104. The number of hydrogen-bond acceptors (Lipinski definition) is 4. The number of benzene rings is 2. The summed E-state index contributed by atoms with van der Waals surface area (Å²) in [5.74, 6) is 0.860. The number of phenolic OH excluding ortho intramolecular Hbond substituents is 2. The molecule has 0 heterocycles. The van der Waals surface area contributed by atoms with E-state index < -0.39 is 0 Å². The Hall–Kier alpha value is -2.75. The van der Waals surface area contributed by atoms with E-state index in [0.29, 0.717) is 17.9 Å². The lowest BCUT2D eigenvalue weighted by atomic mass is 9.98. The maximum Gasteiger partial charge on any atom is 0.185 e. The van der Waals surface area contributed by atoms with Gasteiger partial charge < -0.3 is 14.9 Å². The molecule has 4 nitrogen and oxygen atoms in total. The third-order valence-electron chi connectivity index (χ3n) is 3.81. The van der Waals surface area contributed by atoms with Gasteiger partial charge in [0, 0.05) is 17.2 Å². The average Bonchev–Trinajstić information content (AvgIpc) is 2.58. The molecule has 0 fully saturated rings. The van der Waals surface area contributed by atoms with E-state index in [1.165, 1.54) is 18.2 Å². The predicted molar refractivity (Wildman–Crippen MR) is 99.5 cm³/mol. The molecule has 0 spiro atoms. The van der Waals surface area contributed by atoms with Gasteiger partial charge in [-0.1, -0.05) is 20.8 Å². The summed E-state index contributed by atoms with van der Waals surface area (Å²) in [7, 11) is 0. The van der Waals surface area contributed by atoms with Crippen LogP contribution in [0.25, 0.3) is 6.08 Å². The van der Waals surface area contributed by atoms with E-state index in [-0.39, 0.29) is 23.2 Å². The third kappa shape index (κ3) is 4.86. The Balaban J connectivity index is 2.33. The molecule has 0 radical (unpaired) electrons. The fourth-order valence-electron chi connectivity index (χ4n) is 2.42. The lowest BCUT2D eigenvalue weighted by Crippen LogP contribution is -1.99. The van der Waals surface area contributed by atoms with Crippen molar-refractivity contribution in [2.75, 3.05) is 6.61 Å². The van der Waals surface area contributed by atoms with Crippen LogP contribution < -0.4 is 4.74 Å². The minimum atomic E-state index is -0.166. The Morgan fingerprint density at radius 1 is 1.16 bits per heavy atom. The van der Waals surface area contributed by atoms with Crippen LogP contribution in [0.2, 0.25) is 0 Å². The molecule has 0 aliphatic carbocycles. The molecule has 0 bridgehead atoms. The van der Waals surface area contributed by atoms with Crippen LogP contribution in [0.5, 0.6) is 17.2 Å². The van der Waals surface area contributed by atoms with Gasteiger partial charge in [0.05, 0.1) is 6.61 Å². The third-order valence-corrected chi connectivity index (χ3v) is 3.81. The van der Waals surface area contributed by atoms with Crippen molar-refractivity contribution in [2.45, 2.75) is 33.1 Å². The van der Waals surface area contributed by atoms with Crippen molar-refractivity contribution in [3.05, 3.63) is 59.2 Å². The highest BCUT2D eigenvalue weighted by molar-refractivity contribution is 6.07. The summed E-state index contributed by atoms with van der Waals surface area (Å²) in [6.45, 7) is 6.53. The van der Waals surface area contributed by atoms with Crippen molar-refractivity contribution < 1.29 is 19.7 Å². The highest BCUT2D eigenvalue weighted by Crippen LogP contribution is 2.33. The molecule has 0 aliphatic rings. The molecule has 0 unspecified atom stereocenters. The number of ether oxygens (including phenoxy) is 1. The molecular weight excluding hydrogens is 316 g/mol. The quantitative estimate of drug-likeness (QED) is 0.555. The van der Waals surface area contributed by atoms with Crippen molar-refractivity contribution in [1.29, 1.82) is 0 Å². The largest absolute Gasteiger partial charge is 0.508 e. The molecule has 4 heteroatoms. The summed E-state index contributed by atoms with van der Waals surface area (Å²) in [5.41, 5.74) is 2.05.